The van der Waals surface area contributed by atoms with Crippen molar-refractivity contribution in [1.82, 2.24) is 10.3 Å². The lowest BCUT2D eigenvalue weighted by molar-refractivity contribution is -0.125. The summed E-state index contributed by atoms with van der Waals surface area (Å²) in [5.41, 5.74) is 2.30. The molecule has 3 rings (SSSR count). The molecule has 1 heterocycles. The SMILES string of the molecule is O=C(CNC(=O)C(Cc1ccccn1)c1ccc(Cl)cc1)Nc1ccccc1. The van der Waals surface area contributed by atoms with Gasteiger partial charge in [-0.2, -0.15) is 0 Å². The number of halogens is 1. The van der Waals surface area contributed by atoms with Crippen LogP contribution in [0.2, 0.25) is 5.02 Å². The molecule has 0 aliphatic carbocycles. The Kier molecular flexibility index (Phi) is 6.76. The lowest BCUT2D eigenvalue weighted by Crippen LogP contribution is -2.36. The number of carbonyl (C=O) groups is 2. The molecule has 6 heteroatoms. The number of carbonyl (C=O) groups excluding carboxylic acids is 2. The first-order valence-electron chi connectivity index (χ1n) is 8.90. The Balaban J connectivity index is 1.67. The monoisotopic (exact) mass is 393 g/mol. The van der Waals surface area contributed by atoms with E-state index in [0.29, 0.717) is 17.1 Å². The van der Waals surface area contributed by atoms with Crippen molar-refractivity contribution < 1.29 is 9.59 Å². The van der Waals surface area contributed by atoms with Gasteiger partial charge in [0.2, 0.25) is 11.8 Å². The molecule has 142 valence electrons. The van der Waals surface area contributed by atoms with Gasteiger partial charge in [-0.25, -0.2) is 0 Å². The lowest BCUT2D eigenvalue weighted by Gasteiger charge is -2.17. The predicted molar refractivity (Wildman–Crippen MR) is 110 cm³/mol. The van der Waals surface area contributed by atoms with Gasteiger partial charge in [0.1, 0.15) is 0 Å². The van der Waals surface area contributed by atoms with Crippen molar-refractivity contribution in [3.8, 4) is 0 Å². The summed E-state index contributed by atoms with van der Waals surface area (Å²) in [5, 5.41) is 6.07. The standard InChI is InChI=1S/C22H20ClN3O2/c23-17-11-9-16(10-12-17)20(14-19-8-4-5-13-24-19)22(28)25-15-21(27)26-18-6-2-1-3-7-18/h1-13,20H,14-15H2,(H,25,28)(H,26,27). The zero-order valence-electron chi connectivity index (χ0n) is 15.1. The third kappa shape index (κ3) is 5.66. The summed E-state index contributed by atoms with van der Waals surface area (Å²) in [6.45, 7) is -0.111. The fraction of sp³-hybridized carbons (Fsp3) is 0.136. The van der Waals surface area contributed by atoms with Crippen LogP contribution in [0.5, 0.6) is 0 Å². The molecule has 28 heavy (non-hydrogen) atoms. The number of benzene rings is 2. The number of para-hydroxylation sites is 1. The van der Waals surface area contributed by atoms with Crippen molar-refractivity contribution in [3.63, 3.8) is 0 Å². The Labute approximate surface area is 168 Å². The summed E-state index contributed by atoms with van der Waals surface area (Å²) in [7, 11) is 0. The van der Waals surface area contributed by atoms with Gasteiger partial charge in [0.25, 0.3) is 0 Å². The van der Waals surface area contributed by atoms with Crippen LogP contribution >= 0.6 is 11.6 Å². The molecule has 1 unspecified atom stereocenters. The van der Waals surface area contributed by atoms with Gasteiger partial charge in [-0.1, -0.05) is 48.0 Å². The van der Waals surface area contributed by atoms with E-state index in [2.05, 4.69) is 15.6 Å². The van der Waals surface area contributed by atoms with Crippen molar-refractivity contribution >= 4 is 29.1 Å². The summed E-state index contributed by atoms with van der Waals surface area (Å²) in [6.07, 6.45) is 2.12. The molecule has 3 aromatic rings. The maximum absolute atomic E-state index is 12.8. The summed E-state index contributed by atoms with van der Waals surface area (Å²) in [5.74, 6) is -1.000. The smallest absolute Gasteiger partial charge is 0.243 e. The molecule has 0 aliphatic rings. The van der Waals surface area contributed by atoms with Gasteiger partial charge < -0.3 is 10.6 Å². The van der Waals surface area contributed by atoms with E-state index in [9.17, 15) is 9.59 Å². The summed E-state index contributed by atoms with van der Waals surface area (Å²) in [6, 6.07) is 21.8. The average molecular weight is 394 g/mol. The highest BCUT2D eigenvalue weighted by Gasteiger charge is 2.22. The Morgan fingerprint density at radius 3 is 2.32 bits per heavy atom. The number of hydrogen-bond acceptors (Lipinski definition) is 3. The summed E-state index contributed by atoms with van der Waals surface area (Å²) < 4.78 is 0. The van der Waals surface area contributed by atoms with Gasteiger partial charge in [0.05, 0.1) is 12.5 Å². The topological polar surface area (TPSA) is 71.1 Å². The second kappa shape index (κ2) is 9.67. The predicted octanol–water partition coefficient (Wildman–Crippen LogP) is 3.82. The molecule has 0 bridgehead atoms. The third-order valence-corrected chi connectivity index (χ3v) is 4.46. The molecule has 0 saturated carbocycles. The zero-order valence-corrected chi connectivity index (χ0v) is 15.9. The first kappa shape index (κ1) is 19.6. The first-order chi connectivity index (χ1) is 13.6. The van der Waals surface area contributed by atoms with Crippen LogP contribution in [0, 0.1) is 0 Å². The Hall–Kier alpha value is -3.18. The number of aromatic nitrogens is 1. The fourth-order valence-electron chi connectivity index (χ4n) is 2.80. The molecule has 0 radical (unpaired) electrons. The minimum atomic E-state index is -0.475. The second-order valence-electron chi connectivity index (χ2n) is 6.26. The van der Waals surface area contributed by atoms with Crippen LogP contribution in [0.4, 0.5) is 5.69 Å². The minimum absolute atomic E-state index is 0.111. The van der Waals surface area contributed by atoms with E-state index >= 15 is 0 Å². The number of hydrogen-bond donors (Lipinski definition) is 2. The van der Waals surface area contributed by atoms with E-state index in [1.54, 1.807) is 30.5 Å². The Morgan fingerprint density at radius 1 is 0.929 bits per heavy atom. The first-order valence-corrected chi connectivity index (χ1v) is 9.27. The largest absolute Gasteiger partial charge is 0.346 e. The van der Waals surface area contributed by atoms with Gasteiger partial charge in [-0.05, 0) is 42.0 Å². The number of anilines is 1. The van der Waals surface area contributed by atoms with Crippen molar-refractivity contribution in [1.29, 1.82) is 0 Å². The molecule has 1 atom stereocenters. The Bertz CT molecular complexity index is 916. The Morgan fingerprint density at radius 2 is 1.64 bits per heavy atom. The maximum atomic E-state index is 12.8. The van der Waals surface area contributed by atoms with E-state index in [1.165, 1.54) is 0 Å². The van der Waals surface area contributed by atoms with Gasteiger partial charge in [-0.3, -0.25) is 14.6 Å². The lowest BCUT2D eigenvalue weighted by atomic mass is 9.93. The highest BCUT2D eigenvalue weighted by atomic mass is 35.5. The highest BCUT2D eigenvalue weighted by Crippen LogP contribution is 2.22. The van der Waals surface area contributed by atoms with E-state index in [-0.39, 0.29) is 18.4 Å². The molecule has 5 nitrogen and oxygen atoms in total. The van der Waals surface area contributed by atoms with Gasteiger partial charge in [0, 0.05) is 29.0 Å². The van der Waals surface area contributed by atoms with Crippen molar-refractivity contribution in [2.24, 2.45) is 0 Å². The molecular formula is C22H20ClN3O2. The third-order valence-electron chi connectivity index (χ3n) is 4.21. The maximum Gasteiger partial charge on any atom is 0.243 e. The van der Waals surface area contributed by atoms with Gasteiger partial charge in [0.15, 0.2) is 0 Å². The van der Waals surface area contributed by atoms with E-state index in [1.807, 2.05) is 48.5 Å². The van der Waals surface area contributed by atoms with E-state index in [0.717, 1.165) is 11.3 Å². The van der Waals surface area contributed by atoms with Crippen molar-refractivity contribution in [2.75, 3.05) is 11.9 Å². The van der Waals surface area contributed by atoms with Crippen molar-refractivity contribution in [2.45, 2.75) is 12.3 Å². The van der Waals surface area contributed by atoms with Crippen LogP contribution in [-0.4, -0.2) is 23.3 Å². The number of nitrogens with zero attached hydrogens (tertiary/aromatic N) is 1. The normalized spacial score (nSPS) is 11.5. The second-order valence-corrected chi connectivity index (χ2v) is 6.70. The quantitative estimate of drug-likeness (QED) is 0.641. The molecule has 2 aromatic carbocycles. The molecule has 1 aromatic heterocycles. The van der Waals surface area contributed by atoms with Crippen LogP contribution in [-0.2, 0) is 16.0 Å². The summed E-state index contributed by atoms with van der Waals surface area (Å²) >= 11 is 5.97. The zero-order chi connectivity index (χ0) is 19.8. The number of pyridine rings is 1. The fourth-order valence-corrected chi connectivity index (χ4v) is 2.93. The molecule has 2 N–H and O–H groups in total. The van der Waals surface area contributed by atoms with Crippen molar-refractivity contribution in [3.05, 3.63) is 95.3 Å². The van der Waals surface area contributed by atoms with Crippen LogP contribution in [0.25, 0.3) is 0 Å². The highest BCUT2D eigenvalue weighted by molar-refractivity contribution is 6.30. The van der Waals surface area contributed by atoms with Crippen LogP contribution in [0.3, 0.4) is 0 Å². The molecule has 0 spiro atoms. The van der Waals surface area contributed by atoms with Crippen LogP contribution < -0.4 is 10.6 Å². The summed E-state index contributed by atoms with van der Waals surface area (Å²) in [4.78, 5) is 29.3. The van der Waals surface area contributed by atoms with E-state index in [4.69, 9.17) is 11.6 Å². The number of nitrogens with one attached hydrogen (secondary N) is 2. The number of rotatable bonds is 7. The van der Waals surface area contributed by atoms with Gasteiger partial charge >= 0.3 is 0 Å². The average Bonchev–Trinajstić information content (AvgIpc) is 2.72. The van der Waals surface area contributed by atoms with Gasteiger partial charge in [-0.15, -0.1) is 0 Å². The minimum Gasteiger partial charge on any atom is -0.346 e. The molecular weight excluding hydrogens is 374 g/mol. The van der Waals surface area contributed by atoms with Crippen LogP contribution in [0.15, 0.2) is 79.0 Å². The van der Waals surface area contributed by atoms with Crippen LogP contribution in [0.1, 0.15) is 17.2 Å². The molecule has 0 fully saturated rings. The molecule has 0 saturated heterocycles. The number of amides is 2. The molecule has 2 amide bonds. The van der Waals surface area contributed by atoms with E-state index < -0.39 is 5.92 Å². The molecule has 0 aliphatic heterocycles.